The molecule has 2 aromatic rings. The summed E-state index contributed by atoms with van der Waals surface area (Å²) in [6, 6.07) is 14.9. The van der Waals surface area contributed by atoms with Gasteiger partial charge in [-0.05, 0) is 30.5 Å². The minimum absolute atomic E-state index is 0.357. The summed E-state index contributed by atoms with van der Waals surface area (Å²) in [6.45, 7) is 0. The fourth-order valence-corrected chi connectivity index (χ4v) is 2.25. The van der Waals surface area contributed by atoms with Crippen molar-refractivity contribution in [3.63, 3.8) is 0 Å². The van der Waals surface area contributed by atoms with E-state index in [0.29, 0.717) is 16.3 Å². The van der Waals surface area contributed by atoms with Gasteiger partial charge in [0, 0.05) is 4.90 Å². The molecule has 4 heteroatoms. The molecule has 0 aliphatic heterocycles. The Hall–Kier alpha value is -1.63. The number of nitrogens with zero attached hydrogens (tertiary/aromatic N) is 1. The number of benzene rings is 2. The summed E-state index contributed by atoms with van der Waals surface area (Å²) in [5, 5.41) is 9.48. The Morgan fingerprint density at radius 1 is 1.11 bits per heavy atom. The SMILES string of the molecule is CSc1ccccc1Oc1cccc(Cl)c1C#N. The molecule has 0 heterocycles. The molecule has 2 rings (SSSR count). The lowest BCUT2D eigenvalue weighted by molar-refractivity contribution is 0.470. The van der Waals surface area contributed by atoms with Crippen LogP contribution in [0.2, 0.25) is 5.02 Å². The first-order valence-corrected chi connectivity index (χ1v) is 6.86. The molecule has 18 heavy (non-hydrogen) atoms. The van der Waals surface area contributed by atoms with Gasteiger partial charge in [-0.1, -0.05) is 29.8 Å². The van der Waals surface area contributed by atoms with E-state index in [1.54, 1.807) is 30.0 Å². The Morgan fingerprint density at radius 2 is 1.83 bits per heavy atom. The molecule has 0 saturated carbocycles. The Bertz CT molecular complexity index is 607. The van der Waals surface area contributed by atoms with Crippen LogP contribution in [0.4, 0.5) is 0 Å². The van der Waals surface area contributed by atoms with Crippen LogP contribution in [0.1, 0.15) is 5.56 Å². The molecule has 0 atom stereocenters. The van der Waals surface area contributed by atoms with Gasteiger partial charge in [-0.3, -0.25) is 0 Å². The second kappa shape index (κ2) is 5.81. The van der Waals surface area contributed by atoms with Crippen LogP contribution in [0.3, 0.4) is 0 Å². The average molecular weight is 276 g/mol. The van der Waals surface area contributed by atoms with Gasteiger partial charge in [0.1, 0.15) is 23.1 Å². The fourth-order valence-electron chi connectivity index (χ4n) is 1.52. The topological polar surface area (TPSA) is 33.0 Å². The number of halogens is 1. The Balaban J connectivity index is 2.41. The second-order valence-corrected chi connectivity index (χ2v) is 4.73. The van der Waals surface area contributed by atoms with Crippen molar-refractivity contribution < 1.29 is 4.74 Å². The third kappa shape index (κ3) is 2.61. The molecule has 0 fully saturated rings. The van der Waals surface area contributed by atoms with Crippen LogP contribution >= 0.6 is 23.4 Å². The molecule has 0 N–H and O–H groups in total. The number of thioether (sulfide) groups is 1. The lowest BCUT2D eigenvalue weighted by Gasteiger charge is -2.11. The number of para-hydroxylation sites is 1. The maximum absolute atomic E-state index is 9.08. The van der Waals surface area contributed by atoms with Gasteiger partial charge in [0.15, 0.2) is 0 Å². The lowest BCUT2D eigenvalue weighted by atomic mass is 10.2. The standard InChI is InChI=1S/C14H10ClNOS/c1-18-14-8-3-2-6-13(14)17-12-7-4-5-11(15)10(12)9-16/h2-8H,1H3. The highest BCUT2D eigenvalue weighted by molar-refractivity contribution is 7.98. The van der Waals surface area contributed by atoms with Crippen molar-refractivity contribution in [2.75, 3.05) is 6.26 Å². The normalized spacial score (nSPS) is 9.83. The molecular formula is C14H10ClNOS. The Labute approximate surface area is 115 Å². The predicted molar refractivity (Wildman–Crippen MR) is 74.5 cm³/mol. The summed E-state index contributed by atoms with van der Waals surface area (Å²) in [5.74, 6) is 1.20. The predicted octanol–water partition coefficient (Wildman–Crippen LogP) is 4.73. The van der Waals surface area contributed by atoms with Crippen LogP contribution in [-0.2, 0) is 0 Å². The highest BCUT2D eigenvalue weighted by atomic mass is 35.5. The first kappa shape index (κ1) is 12.8. The summed E-state index contributed by atoms with van der Waals surface area (Å²) < 4.78 is 5.78. The van der Waals surface area contributed by atoms with Crippen molar-refractivity contribution in [2.45, 2.75) is 4.90 Å². The minimum atomic E-state index is 0.357. The molecule has 0 radical (unpaired) electrons. The number of rotatable bonds is 3. The van der Waals surface area contributed by atoms with Crippen LogP contribution in [0.25, 0.3) is 0 Å². The van der Waals surface area contributed by atoms with Gasteiger partial charge in [0.25, 0.3) is 0 Å². The second-order valence-electron chi connectivity index (χ2n) is 3.48. The summed E-state index contributed by atoms with van der Waals surface area (Å²) in [5.41, 5.74) is 0.357. The van der Waals surface area contributed by atoms with E-state index >= 15 is 0 Å². The first-order chi connectivity index (χ1) is 8.76. The quantitative estimate of drug-likeness (QED) is 0.760. The van der Waals surface area contributed by atoms with Crippen LogP contribution in [0, 0.1) is 11.3 Å². The van der Waals surface area contributed by atoms with Gasteiger partial charge in [0.2, 0.25) is 0 Å². The van der Waals surface area contributed by atoms with Gasteiger partial charge < -0.3 is 4.74 Å². The smallest absolute Gasteiger partial charge is 0.146 e. The van der Waals surface area contributed by atoms with Gasteiger partial charge in [-0.15, -0.1) is 11.8 Å². The number of nitriles is 1. The zero-order chi connectivity index (χ0) is 13.0. The monoisotopic (exact) mass is 275 g/mol. The van der Waals surface area contributed by atoms with E-state index in [0.717, 1.165) is 10.6 Å². The van der Waals surface area contributed by atoms with Crippen LogP contribution in [0.5, 0.6) is 11.5 Å². The summed E-state index contributed by atoms with van der Waals surface area (Å²) >= 11 is 7.55. The summed E-state index contributed by atoms with van der Waals surface area (Å²) in [6.07, 6.45) is 1.98. The van der Waals surface area contributed by atoms with Gasteiger partial charge in [-0.25, -0.2) is 0 Å². The zero-order valence-corrected chi connectivity index (χ0v) is 11.3. The first-order valence-electron chi connectivity index (χ1n) is 5.25. The molecule has 0 spiro atoms. The maximum Gasteiger partial charge on any atom is 0.146 e. The average Bonchev–Trinajstić information content (AvgIpc) is 2.40. The highest BCUT2D eigenvalue weighted by Crippen LogP contribution is 2.34. The van der Waals surface area contributed by atoms with Crippen LogP contribution in [0.15, 0.2) is 47.4 Å². The fraction of sp³-hybridized carbons (Fsp3) is 0.0714. The van der Waals surface area contributed by atoms with Gasteiger partial charge in [-0.2, -0.15) is 5.26 Å². The largest absolute Gasteiger partial charge is 0.455 e. The van der Waals surface area contributed by atoms with Crippen molar-refractivity contribution in [1.29, 1.82) is 5.26 Å². The number of hydrogen-bond donors (Lipinski definition) is 0. The summed E-state index contributed by atoms with van der Waals surface area (Å²) in [7, 11) is 0. The van der Waals surface area contributed by atoms with E-state index in [1.807, 2.05) is 30.5 Å². The van der Waals surface area contributed by atoms with E-state index in [1.165, 1.54) is 0 Å². The third-order valence-corrected chi connectivity index (χ3v) is 3.47. The van der Waals surface area contributed by atoms with Crippen molar-refractivity contribution >= 4 is 23.4 Å². The van der Waals surface area contributed by atoms with Crippen molar-refractivity contribution in [1.82, 2.24) is 0 Å². The summed E-state index contributed by atoms with van der Waals surface area (Å²) in [4.78, 5) is 1.02. The van der Waals surface area contributed by atoms with Crippen molar-refractivity contribution in [3.05, 3.63) is 53.1 Å². The minimum Gasteiger partial charge on any atom is -0.455 e. The van der Waals surface area contributed by atoms with Gasteiger partial charge >= 0.3 is 0 Å². The van der Waals surface area contributed by atoms with E-state index < -0.39 is 0 Å². The molecule has 90 valence electrons. The highest BCUT2D eigenvalue weighted by Gasteiger charge is 2.10. The molecule has 0 amide bonds. The van der Waals surface area contributed by atoms with E-state index in [4.69, 9.17) is 21.6 Å². The molecule has 0 aromatic heterocycles. The molecule has 0 aliphatic rings. The molecule has 2 aromatic carbocycles. The molecule has 0 saturated heterocycles. The molecule has 0 unspecified atom stereocenters. The van der Waals surface area contributed by atoms with Crippen LogP contribution in [-0.4, -0.2) is 6.26 Å². The number of ether oxygens (including phenoxy) is 1. The Morgan fingerprint density at radius 3 is 2.56 bits per heavy atom. The Kier molecular flexibility index (Phi) is 4.14. The van der Waals surface area contributed by atoms with E-state index in [-0.39, 0.29) is 0 Å². The van der Waals surface area contributed by atoms with Crippen LogP contribution < -0.4 is 4.74 Å². The lowest BCUT2D eigenvalue weighted by Crippen LogP contribution is -1.90. The zero-order valence-electron chi connectivity index (χ0n) is 9.68. The molecule has 2 nitrogen and oxygen atoms in total. The maximum atomic E-state index is 9.08. The van der Waals surface area contributed by atoms with Crippen molar-refractivity contribution in [3.8, 4) is 17.6 Å². The van der Waals surface area contributed by atoms with Gasteiger partial charge in [0.05, 0.1) is 5.02 Å². The molecule has 0 bridgehead atoms. The third-order valence-electron chi connectivity index (χ3n) is 2.38. The molecule has 0 aliphatic carbocycles. The van der Waals surface area contributed by atoms with E-state index in [9.17, 15) is 0 Å². The molecular weight excluding hydrogens is 266 g/mol. The number of hydrogen-bond acceptors (Lipinski definition) is 3. The van der Waals surface area contributed by atoms with Crippen molar-refractivity contribution in [2.24, 2.45) is 0 Å². The van der Waals surface area contributed by atoms with E-state index in [2.05, 4.69) is 6.07 Å².